The second kappa shape index (κ2) is 9.70. The number of amides is 1. The van der Waals surface area contributed by atoms with Crippen LogP contribution in [0.15, 0.2) is 66.0 Å². The van der Waals surface area contributed by atoms with E-state index in [-0.39, 0.29) is 23.9 Å². The summed E-state index contributed by atoms with van der Waals surface area (Å²) in [4.78, 5) is 13.5. The molecule has 1 aliphatic heterocycles. The maximum absolute atomic E-state index is 13.5. The van der Waals surface area contributed by atoms with Crippen LogP contribution in [-0.2, 0) is 6.54 Å². The minimum atomic E-state index is -0.300. The highest BCUT2D eigenvalue weighted by Crippen LogP contribution is 2.37. The summed E-state index contributed by atoms with van der Waals surface area (Å²) in [5.74, 6) is -0.0811. The van der Waals surface area contributed by atoms with Crippen molar-refractivity contribution in [3.63, 3.8) is 0 Å². The molecule has 0 atom stereocenters. The quantitative estimate of drug-likeness (QED) is 0.478. The van der Waals surface area contributed by atoms with Gasteiger partial charge in [0.05, 0.1) is 29.6 Å². The Morgan fingerprint density at radius 1 is 1.03 bits per heavy atom. The Kier molecular flexibility index (Phi) is 7.19. The van der Waals surface area contributed by atoms with Crippen molar-refractivity contribution >= 4 is 24.0 Å². The second-order valence-electron chi connectivity index (χ2n) is 8.56. The van der Waals surface area contributed by atoms with E-state index < -0.39 is 0 Å². The predicted molar refractivity (Wildman–Crippen MR) is 132 cm³/mol. The van der Waals surface area contributed by atoms with Crippen molar-refractivity contribution in [1.29, 1.82) is 0 Å². The van der Waals surface area contributed by atoms with E-state index in [4.69, 9.17) is 5.10 Å². The molecule has 3 aromatic rings. The summed E-state index contributed by atoms with van der Waals surface area (Å²) in [6.45, 7) is 9.12. The summed E-state index contributed by atoms with van der Waals surface area (Å²) in [6.07, 6.45) is 5.96. The highest BCUT2D eigenvalue weighted by molar-refractivity contribution is 6.05. The van der Waals surface area contributed by atoms with Crippen LogP contribution in [0, 0.1) is 13.8 Å². The van der Waals surface area contributed by atoms with Gasteiger partial charge in [-0.2, -0.15) is 10.2 Å². The van der Waals surface area contributed by atoms with Gasteiger partial charge in [0.15, 0.2) is 0 Å². The molecule has 2 aromatic carbocycles. The van der Waals surface area contributed by atoms with E-state index >= 15 is 0 Å². The zero-order valence-corrected chi connectivity index (χ0v) is 20.0. The number of carbonyl (C=O) groups excluding carboxylic acids is 1. The first-order valence-corrected chi connectivity index (χ1v) is 11.0. The third kappa shape index (κ3) is 4.63. The summed E-state index contributed by atoms with van der Waals surface area (Å²) in [5, 5.41) is 11.0. The van der Waals surface area contributed by atoms with Gasteiger partial charge in [-0.1, -0.05) is 73.5 Å². The van der Waals surface area contributed by atoms with Crippen LogP contribution in [0.4, 0.5) is 0 Å². The van der Waals surface area contributed by atoms with Crippen LogP contribution >= 0.6 is 12.4 Å². The molecule has 0 saturated carbocycles. The lowest BCUT2D eigenvalue weighted by Gasteiger charge is -2.34. The minimum absolute atomic E-state index is 0. The van der Waals surface area contributed by atoms with Crippen molar-refractivity contribution in [3.8, 4) is 0 Å². The molecule has 32 heavy (non-hydrogen) atoms. The molecule has 0 radical (unpaired) electrons. The van der Waals surface area contributed by atoms with Crippen molar-refractivity contribution in [2.24, 2.45) is 5.10 Å². The summed E-state index contributed by atoms with van der Waals surface area (Å²) in [5.41, 5.74) is 5.95. The van der Waals surface area contributed by atoms with Gasteiger partial charge in [0.25, 0.3) is 5.91 Å². The Balaban J connectivity index is 0.00000289. The lowest BCUT2D eigenvalue weighted by molar-refractivity contribution is 0.0521. The van der Waals surface area contributed by atoms with Gasteiger partial charge in [-0.15, -0.1) is 12.4 Å². The van der Waals surface area contributed by atoms with E-state index in [0.717, 1.165) is 36.1 Å². The van der Waals surface area contributed by atoms with E-state index in [1.54, 1.807) is 11.2 Å². The number of rotatable bonds is 6. The average Bonchev–Trinajstić information content (AvgIpc) is 3.39. The van der Waals surface area contributed by atoms with Gasteiger partial charge >= 0.3 is 0 Å². The van der Waals surface area contributed by atoms with Crippen LogP contribution in [0.3, 0.4) is 0 Å². The highest BCUT2D eigenvalue weighted by atomic mass is 35.5. The average molecular weight is 451 g/mol. The fraction of sp³-hybridized carbons (Fsp3) is 0.346. The number of aryl methyl sites for hydroxylation is 2. The molecule has 1 aromatic heterocycles. The van der Waals surface area contributed by atoms with Gasteiger partial charge in [-0.25, -0.2) is 5.01 Å². The molecule has 0 spiro atoms. The van der Waals surface area contributed by atoms with Crippen molar-refractivity contribution in [2.75, 3.05) is 0 Å². The zero-order chi connectivity index (χ0) is 22.0. The van der Waals surface area contributed by atoms with Crippen LogP contribution in [0.2, 0.25) is 0 Å². The molecular formula is C26H31ClN4O. The van der Waals surface area contributed by atoms with Crippen LogP contribution in [-0.4, -0.2) is 31.9 Å². The third-order valence-electron chi connectivity index (χ3n) is 6.30. The Morgan fingerprint density at radius 2 is 1.69 bits per heavy atom. The Bertz CT molecular complexity index is 1100. The molecule has 0 saturated heterocycles. The molecule has 0 N–H and O–H groups in total. The Hall–Kier alpha value is -2.92. The number of nitrogens with zero attached hydrogens (tertiary/aromatic N) is 4. The first-order valence-electron chi connectivity index (χ1n) is 11.0. The lowest BCUT2D eigenvalue weighted by Crippen LogP contribution is -2.45. The Labute approximate surface area is 196 Å². The van der Waals surface area contributed by atoms with Gasteiger partial charge in [-0.05, 0) is 37.8 Å². The van der Waals surface area contributed by atoms with E-state index in [1.807, 2.05) is 29.1 Å². The first kappa shape index (κ1) is 23.7. The highest BCUT2D eigenvalue weighted by Gasteiger charge is 2.44. The number of aromatic nitrogens is 2. The molecule has 4 rings (SSSR count). The molecule has 2 heterocycles. The van der Waals surface area contributed by atoms with Crippen LogP contribution in [0.1, 0.15) is 65.7 Å². The van der Waals surface area contributed by atoms with Gasteiger partial charge in [0.2, 0.25) is 0 Å². The number of hydrazone groups is 1. The van der Waals surface area contributed by atoms with Crippen molar-refractivity contribution in [3.05, 3.63) is 88.7 Å². The van der Waals surface area contributed by atoms with E-state index in [2.05, 4.69) is 63.1 Å². The van der Waals surface area contributed by atoms with Crippen LogP contribution in [0.5, 0.6) is 0 Å². The standard InChI is InChI=1S/C26H30N4O.ClH/c1-5-26(6-2)15-24(22-13-19(3)12-20(4)14-22)28-30(26)25(31)23-16-27-29(18-23)17-21-10-8-7-9-11-21;/h7-14,16,18H,5-6,15,17H2,1-4H3;1H. The monoisotopic (exact) mass is 450 g/mol. The summed E-state index contributed by atoms with van der Waals surface area (Å²) < 4.78 is 1.81. The van der Waals surface area contributed by atoms with Crippen molar-refractivity contribution in [1.82, 2.24) is 14.8 Å². The lowest BCUT2D eigenvalue weighted by atomic mass is 9.85. The molecule has 0 bridgehead atoms. The van der Waals surface area contributed by atoms with Gasteiger partial charge < -0.3 is 0 Å². The van der Waals surface area contributed by atoms with Crippen molar-refractivity contribution in [2.45, 2.75) is 59.0 Å². The fourth-order valence-electron chi connectivity index (χ4n) is 4.46. The normalized spacial score (nSPS) is 14.8. The van der Waals surface area contributed by atoms with E-state index in [0.29, 0.717) is 12.1 Å². The topological polar surface area (TPSA) is 50.5 Å². The molecule has 1 aliphatic rings. The second-order valence-corrected chi connectivity index (χ2v) is 8.56. The molecule has 1 amide bonds. The number of carbonyl (C=O) groups is 1. The van der Waals surface area contributed by atoms with Gasteiger partial charge in [0, 0.05) is 12.6 Å². The predicted octanol–water partition coefficient (Wildman–Crippen LogP) is 5.78. The maximum atomic E-state index is 13.5. The SMILES string of the molecule is CCC1(CC)CC(c2cc(C)cc(C)c2)=NN1C(=O)c1cnn(Cc2ccccc2)c1.Cl. The van der Waals surface area contributed by atoms with Crippen LogP contribution < -0.4 is 0 Å². The molecule has 5 nitrogen and oxygen atoms in total. The largest absolute Gasteiger partial charge is 0.277 e. The molecule has 0 aliphatic carbocycles. The zero-order valence-electron chi connectivity index (χ0n) is 19.2. The van der Waals surface area contributed by atoms with E-state index in [9.17, 15) is 4.79 Å². The van der Waals surface area contributed by atoms with Gasteiger partial charge in [0.1, 0.15) is 0 Å². The van der Waals surface area contributed by atoms with Crippen molar-refractivity contribution < 1.29 is 4.79 Å². The molecule has 0 fully saturated rings. The number of hydrogen-bond acceptors (Lipinski definition) is 3. The fourth-order valence-corrected chi connectivity index (χ4v) is 4.46. The molecular weight excluding hydrogens is 420 g/mol. The maximum Gasteiger partial charge on any atom is 0.277 e. The van der Waals surface area contributed by atoms with E-state index in [1.165, 1.54) is 11.1 Å². The summed E-state index contributed by atoms with van der Waals surface area (Å²) in [7, 11) is 0. The first-order chi connectivity index (χ1) is 14.9. The molecule has 0 unspecified atom stereocenters. The number of halogens is 1. The number of hydrogen-bond donors (Lipinski definition) is 0. The summed E-state index contributed by atoms with van der Waals surface area (Å²) >= 11 is 0. The summed E-state index contributed by atoms with van der Waals surface area (Å²) in [6, 6.07) is 16.6. The number of benzene rings is 2. The minimum Gasteiger partial charge on any atom is -0.268 e. The van der Waals surface area contributed by atoms with Gasteiger partial charge in [-0.3, -0.25) is 9.48 Å². The molecule has 168 valence electrons. The van der Waals surface area contributed by atoms with Crippen LogP contribution in [0.25, 0.3) is 0 Å². The smallest absolute Gasteiger partial charge is 0.268 e. The third-order valence-corrected chi connectivity index (χ3v) is 6.30. The molecule has 6 heteroatoms. The Morgan fingerprint density at radius 3 is 2.31 bits per heavy atom.